The lowest BCUT2D eigenvalue weighted by Gasteiger charge is -2.23. The molecule has 2 N–H and O–H groups in total. The minimum atomic E-state index is -0.707. The summed E-state index contributed by atoms with van der Waals surface area (Å²) in [5, 5.41) is 10.2. The van der Waals surface area contributed by atoms with Crippen LogP contribution in [0.5, 0.6) is 5.75 Å². The molecule has 2 heterocycles. The summed E-state index contributed by atoms with van der Waals surface area (Å²) in [6, 6.07) is 17.6. The summed E-state index contributed by atoms with van der Waals surface area (Å²) >= 11 is 0. The third-order valence-electron chi connectivity index (χ3n) is 4.41. The fourth-order valence-electron chi connectivity index (χ4n) is 3.03. The summed E-state index contributed by atoms with van der Waals surface area (Å²) in [6.07, 6.45) is 0.0371. The molecule has 2 amide bonds. The highest BCUT2D eigenvalue weighted by Crippen LogP contribution is 2.30. The average Bonchev–Trinajstić information content (AvgIpc) is 3.12. The number of hydrogen-bond acceptors (Lipinski definition) is 4. The molecule has 7 heteroatoms. The Balaban J connectivity index is 1.63. The van der Waals surface area contributed by atoms with Crippen LogP contribution in [0.1, 0.15) is 12.5 Å². The number of carbonyl (C=O) groups is 2. The maximum Gasteiger partial charge on any atom is 0.249 e. The Hall–Kier alpha value is -3.61. The maximum atomic E-state index is 12.7. The first-order valence-electron chi connectivity index (χ1n) is 8.54. The summed E-state index contributed by atoms with van der Waals surface area (Å²) in [6.45, 7) is 0. The number of fused-ring (bicyclic) bond motifs is 1. The standard InChI is InChI=1S/C20H18N4O3/c1-27-15-9-7-13(8-10-15)16-11-18-22-19(25)12-17(24(18)23-16)20(26)21-14-5-3-2-4-6-14/h2-11,17H,12H2,1H3,(H,21,26)(H,22,25)/t17-/m1/s1. The smallest absolute Gasteiger partial charge is 0.249 e. The molecule has 2 aromatic carbocycles. The predicted molar refractivity (Wildman–Crippen MR) is 102 cm³/mol. The van der Waals surface area contributed by atoms with Crippen molar-refractivity contribution in [3.8, 4) is 17.0 Å². The Bertz CT molecular complexity index is 980. The Morgan fingerprint density at radius 1 is 1.19 bits per heavy atom. The van der Waals surface area contributed by atoms with E-state index in [0.717, 1.165) is 11.3 Å². The van der Waals surface area contributed by atoms with E-state index >= 15 is 0 Å². The second kappa shape index (κ2) is 6.95. The number of nitrogens with zero attached hydrogens (tertiary/aromatic N) is 2. The van der Waals surface area contributed by atoms with Crippen LogP contribution in [-0.4, -0.2) is 28.7 Å². The van der Waals surface area contributed by atoms with Gasteiger partial charge in [0.05, 0.1) is 19.2 Å². The van der Waals surface area contributed by atoms with Crippen molar-refractivity contribution in [2.75, 3.05) is 17.7 Å². The molecule has 27 heavy (non-hydrogen) atoms. The van der Waals surface area contributed by atoms with Gasteiger partial charge in [-0.15, -0.1) is 0 Å². The van der Waals surface area contributed by atoms with Crippen LogP contribution in [0.25, 0.3) is 11.3 Å². The Kier molecular flexibility index (Phi) is 4.33. The third-order valence-corrected chi connectivity index (χ3v) is 4.41. The number of rotatable bonds is 4. The van der Waals surface area contributed by atoms with Gasteiger partial charge in [-0.05, 0) is 36.4 Å². The van der Waals surface area contributed by atoms with Gasteiger partial charge < -0.3 is 15.4 Å². The van der Waals surface area contributed by atoms with Gasteiger partial charge in [-0.2, -0.15) is 5.10 Å². The largest absolute Gasteiger partial charge is 0.497 e. The summed E-state index contributed by atoms with van der Waals surface area (Å²) in [7, 11) is 1.61. The van der Waals surface area contributed by atoms with Crippen LogP contribution >= 0.6 is 0 Å². The second-order valence-electron chi connectivity index (χ2n) is 6.21. The minimum Gasteiger partial charge on any atom is -0.497 e. The summed E-state index contributed by atoms with van der Waals surface area (Å²) in [4.78, 5) is 24.8. The van der Waals surface area contributed by atoms with E-state index in [9.17, 15) is 9.59 Å². The van der Waals surface area contributed by atoms with E-state index in [0.29, 0.717) is 17.2 Å². The van der Waals surface area contributed by atoms with E-state index in [1.54, 1.807) is 30.0 Å². The van der Waals surface area contributed by atoms with Gasteiger partial charge in [0.25, 0.3) is 0 Å². The number of amides is 2. The first-order chi connectivity index (χ1) is 13.1. The number of para-hydroxylation sites is 1. The van der Waals surface area contributed by atoms with E-state index in [4.69, 9.17) is 4.74 Å². The molecular weight excluding hydrogens is 344 g/mol. The zero-order valence-corrected chi connectivity index (χ0v) is 14.7. The lowest BCUT2D eigenvalue weighted by Crippen LogP contribution is -2.35. The molecule has 0 unspecified atom stereocenters. The molecule has 0 bridgehead atoms. The Morgan fingerprint density at radius 3 is 2.63 bits per heavy atom. The minimum absolute atomic E-state index is 0.0371. The van der Waals surface area contributed by atoms with Crippen LogP contribution in [0.3, 0.4) is 0 Å². The van der Waals surface area contributed by atoms with Crippen molar-refractivity contribution in [3.05, 3.63) is 60.7 Å². The number of nitrogens with one attached hydrogen (secondary N) is 2. The summed E-state index contributed by atoms with van der Waals surface area (Å²) < 4.78 is 6.74. The molecule has 3 aromatic rings. The first-order valence-corrected chi connectivity index (χ1v) is 8.54. The van der Waals surface area contributed by atoms with Gasteiger partial charge in [0.15, 0.2) is 0 Å². The van der Waals surface area contributed by atoms with Gasteiger partial charge in [0.1, 0.15) is 17.6 Å². The van der Waals surface area contributed by atoms with Crippen molar-refractivity contribution >= 4 is 23.3 Å². The van der Waals surface area contributed by atoms with E-state index in [-0.39, 0.29) is 18.2 Å². The van der Waals surface area contributed by atoms with Crippen LogP contribution in [0.15, 0.2) is 60.7 Å². The van der Waals surface area contributed by atoms with Gasteiger partial charge in [-0.1, -0.05) is 18.2 Å². The van der Waals surface area contributed by atoms with Gasteiger partial charge in [0.2, 0.25) is 11.8 Å². The van der Waals surface area contributed by atoms with Gasteiger partial charge in [-0.25, -0.2) is 4.68 Å². The van der Waals surface area contributed by atoms with E-state index in [1.165, 1.54) is 0 Å². The molecule has 0 fully saturated rings. The zero-order chi connectivity index (χ0) is 18.8. The lowest BCUT2D eigenvalue weighted by molar-refractivity contribution is -0.125. The molecule has 4 rings (SSSR count). The van der Waals surface area contributed by atoms with Crippen LogP contribution in [0.4, 0.5) is 11.5 Å². The fraction of sp³-hybridized carbons (Fsp3) is 0.150. The highest BCUT2D eigenvalue weighted by atomic mass is 16.5. The molecular formula is C20H18N4O3. The molecule has 1 aliphatic heterocycles. The van der Waals surface area contributed by atoms with Crippen molar-refractivity contribution in [1.82, 2.24) is 9.78 Å². The lowest BCUT2D eigenvalue weighted by atomic mass is 10.1. The molecule has 136 valence electrons. The van der Waals surface area contributed by atoms with Crippen LogP contribution in [0, 0.1) is 0 Å². The van der Waals surface area contributed by atoms with Gasteiger partial charge >= 0.3 is 0 Å². The van der Waals surface area contributed by atoms with Crippen LogP contribution < -0.4 is 15.4 Å². The number of methoxy groups -OCH3 is 1. The fourth-order valence-corrected chi connectivity index (χ4v) is 3.03. The highest BCUT2D eigenvalue weighted by Gasteiger charge is 2.32. The van der Waals surface area contributed by atoms with E-state index in [2.05, 4.69) is 15.7 Å². The second-order valence-corrected chi connectivity index (χ2v) is 6.21. The van der Waals surface area contributed by atoms with Gasteiger partial charge in [0, 0.05) is 17.3 Å². The van der Waals surface area contributed by atoms with Crippen molar-refractivity contribution in [2.24, 2.45) is 0 Å². The number of aromatic nitrogens is 2. The topological polar surface area (TPSA) is 85.2 Å². The predicted octanol–water partition coefficient (Wildman–Crippen LogP) is 3.08. The normalized spacial score (nSPS) is 15.6. The molecule has 1 aromatic heterocycles. The molecule has 7 nitrogen and oxygen atoms in total. The molecule has 0 spiro atoms. The van der Waals surface area contributed by atoms with Gasteiger partial charge in [-0.3, -0.25) is 9.59 Å². The van der Waals surface area contributed by atoms with Crippen molar-refractivity contribution in [3.63, 3.8) is 0 Å². The summed E-state index contributed by atoms with van der Waals surface area (Å²) in [5.41, 5.74) is 2.22. The molecule has 0 radical (unpaired) electrons. The number of carbonyl (C=O) groups excluding carboxylic acids is 2. The molecule has 0 saturated carbocycles. The number of anilines is 2. The SMILES string of the molecule is COc1ccc(-c2cc3n(n2)[C@@H](C(=O)Nc2ccccc2)CC(=O)N3)cc1. The summed E-state index contributed by atoms with van der Waals surface area (Å²) in [5.74, 6) is 0.764. The molecule has 0 aliphatic carbocycles. The Labute approximate surface area is 156 Å². The highest BCUT2D eigenvalue weighted by molar-refractivity contribution is 6.01. The quantitative estimate of drug-likeness (QED) is 0.747. The van der Waals surface area contributed by atoms with Crippen molar-refractivity contribution < 1.29 is 14.3 Å². The van der Waals surface area contributed by atoms with Crippen molar-refractivity contribution in [1.29, 1.82) is 0 Å². The van der Waals surface area contributed by atoms with E-state index < -0.39 is 6.04 Å². The number of benzene rings is 2. The zero-order valence-electron chi connectivity index (χ0n) is 14.7. The van der Waals surface area contributed by atoms with E-state index in [1.807, 2.05) is 42.5 Å². The number of ether oxygens (including phenoxy) is 1. The molecule has 1 atom stereocenters. The van der Waals surface area contributed by atoms with Crippen molar-refractivity contribution in [2.45, 2.75) is 12.5 Å². The molecule has 0 saturated heterocycles. The molecule has 1 aliphatic rings. The average molecular weight is 362 g/mol. The maximum absolute atomic E-state index is 12.7. The van der Waals surface area contributed by atoms with Crippen LogP contribution in [0.2, 0.25) is 0 Å². The van der Waals surface area contributed by atoms with Crippen LogP contribution in [-0.2, 0) is 9.59 Å². The number of hydrogen-bond donors (Lipinski definition) is 2. The third kappa shape index (κ3) is 3.39. The first kappa shape index (κ1) is 16.8. The Morgan fingerprint density at radius 2 is 1.93 bits per heavy atom. The monoisotopic (exact) mass is 362 g/mol.